The van der Waals surface area contributed by atoms with Gasteiger partial charge < -0.3 is 15.0 Å². The minimum absolute atomic E-state index is 0.00953. The summed E-state index contributed by atoms with van der Waals surface area (Å²) in [5.74, 6) is 0.863. The number of benzene rings is 2. The third-order valence-corrected chi connectivity index (χ3v) is 5.09. The number of carbonyl (C=O) groups excluding carboxylic acids is 2. The smallest absolute Gasteiger partial charge is 0.253 e. The van der Waals surface area contributed by atoms with Crippen LogP contribution in [-0.4, -0.2) is 42.5 Å². The molecule has 1 aliphatic heterocycles. The number of nitrogens with zero attached hydrogens (tertiary/aromatic N) is 2. The lowest BCUT2D eigenvalue weighted by Crippen LogP contribution is -2.41. The maximum atomic E-state index is 12.8. The van der Waals surface area contributed by atoms with Gasteiger partial charge in [-0.3, -0.25) is 9.59 Å². The average Bonchev–Trinajstić information content (AvgIpc) is 2.77. The van der Waals surface area contributed by atoms with E-state index in [0.29, 0.717) is 35.6 Å². The first kappa shape index (κ1) is 21.4. The number of piperidine rings is 1. The maximum Gasteiger partial charge on any atom is 0.253 e. The summed E-state index contributed by atoms with van der Waals surface area (Å²) in [6.07, 6.45) is 1.94. The van der Waals surface area contributed by atoms with Gasteiger partial charge in [-0.25, -0.2) is 0 Å². The number of carbonyl (C=O) groups is 2. The Morgan fingerprint density at radius 2 is 1.80 bits per heavy atom. The van der Waals surface area contributed by atoms with Crippen LogP contribution in [-0.2, 0) is 0 Å². The molecule has 1 N–H and O–H groups in total. The molecule has 1 saturated heterocycles. The Labute approximate surface area is 177 Å². The second-order valence-electron chi connectivity index (χ2n) is 7.91. The van der Waals surface area contributed by atoms with Crippen LogP contribution in [0.5, 0.6) is 5.75 Å². The number of nitriles is 1. The van der Waals surface area contributed by atoms with Gasteiger partial charge in [0.2, 0.25) is 0 Å². The average molecular weight is 405 g/mol. The molecule has 0 spiro atoms. The second-order valence-corrected chi connectivity index (χ2v) is 7.91. The fraction of sp³-hybridized carbons (Fsp3) is 0.375. The predicted molar refractivity (Wildman–Crippen MR) is 114 cm³/mol. The molecular weight excluding hydrogens is 378 g/mol. The summed E-state index contributed by atoms with van der Waals surface area (Å²) in [7, 11) is 0. The van der Waals surface area contributed by atoms with Gasteiger partial charge in [-0.15, -0.1) is 0 Å². The normalized spacial score (nSPS) is 16.1. The molecule has 6 heteroatoms. The molecule has 1 unspecified atom stereocenters. The molecule has 3 rings (SSSR count). The van der Waals surface area contributed by atoms with Crippen LogP contribution in [0.4, 0.5) is 0 Å². The zero-order valence-corrected chi connectivity index (χ0v) is 17.4. The van der Waals surface area contributed by atoms with Crippen molar-refractivity contribution >= 4 is 11.8 Å². The molecular formula is C24H27N3O3. The van der Waals surface area contributed by atoms with Crippen molar-refractivity contribution in [2.45, 2.75) is 32.7 Å². The van der Waals surface area contributed by atoms with Crippen LogP contribution in [0.15, 0.2) is 48.5 Å². The molecule has 0 saturated carbocycles. The number of hydrogen-bond donors (Lipinski definition) is 1. The van der Waals surface area contributed by atoms with Gasteiger partial charge in [0.05, 0.1) is 18.2 Å². The van der Waals surface area contributed by atoms with Gasteiger partial charge >= 0.3 is 0 Å². The fourth-order valence-electron chi connectivity index (χ4n) is 3.52. The summed E-state index contributed by atoms with van der Waals surface area (Å²) < 4.78 is 5.92. The van der Waals surface area contributed by atoms with Crippen molar-refractivity contribution in [3.8, 4) is 11.8 Å². The zero-order chi connectivity index (χ0) is 21.5. The summed E-state index contributed by atoms with van der Waals surface area (Å²) in [5.41, 5.74) is 1.75. The highest BCUT2D eigenvalue weighted by Crippen LogP contribution is 2.21. The van der Waals surface area contributed by atoms with Crippen LogP contribution in [0.3, 0.4) is 0 Å². The second kappa shape index (κ2) is 9.93. The Balaban J connectivity index is 1.53. The molecule has 0 aromatic heterocycles. The van der Waals surface area contributed by atoms with Gasteiger partial charge in [0.1, 0.15) is 5.75 Å². The number of nitrogens with one attached hydrogen (secondary N) is 1. The van der Waals surface area contributed by atoms with E-state index in [1.807, 2.05) is 18.7 Å². The Morgan fingerprint density at radius 1 is 1.13 bits per heavy atom. The first-order chi connectivity index (χ1) is 14.5. The molecule has 2 aromatic rings. The van der Waals surface area contributed by atoms with Crippen molar-refractivity contribution in [3.05, 3.63) is 65.2 Å². The lowest BCUT2D eigenvalue weighted by Gasteiger charge is -2.32. The van der Waals surface area contributed by atoms with Gasteiger partial charge in [-0.05, 0) is 75.2 Å². The molecule has 1 atom stereocenters. The van der Waals surface area contributed by atoms with Crippen LogP contribution in [0.25, 0.3) is 0 Å². The molecule has 2 amide bonds. The first-order valence-electron chi connectivity index (χ1n) is 10.3. The van der Waals surface area contributed by atoms with E-state index in [-0.39, 0.29) is 23.8 Å². The Kier molecular flexibility index (Phi) is 7.08. The van der Waals surface area contributed by atoms with Crippen molar-refractivity contribution in [1.29, 1.82) is 5.26 Å². The van der Waals surface area contributed by atoms with Gasteiger partial charge in [-0.1, -0.05) is 0 Å². The molecule has 2 aromatic carbocycles. The zero-order valence-electron chi connectivity index (χ0n) is 17.4. The quantitative estimate of drug-likeness (QED) is 0.796. The van der Waals surface area contributed by atoms with Crippen LogP contribution < -0.4 is 10.1 Å². The van der Waals surface area contributed by atoms with Gasteiger partial charge in [0, 0.05) is 36.2 Å². The maximum absolute atomic E-state index is 12.8. The van der Waals surface area contributed by atoms with Gasteiger partial charge in [0.25, 0.3) is 11.8 Å². The molecule has 156 valence electrons. The number of likely N-dealkylation sites (tertiary alicyclic amines) is 1. The molecule has 1 heterocycles. The van der Waals surface area contributed by atoms with Crippen molar-refractivity contribution in [1.82, 2.24) is 10.2 Å². The van der Waals surface area contributed by atoms with E-state index in [4.69, 9.17) is 10.00 Å². The highest BCUT2D eigenvalue weighted by molar-refractivity contribution is 5.95. The molecule has 6 nitrogen and oxygen atoms in total. The van der Waals surface area contributed by atoms with Crippen LogP contribution in [0.1, 0.15) is 53.0 Å². The Bertz CT molecular complexity index is 914. The lowest BCUT2D eigenvalue weighted by atomic mass is 9.98. The molecule has 0 radical (unpaired) electrons. The van der Waals surface area contributed by atoms with Crippen molar-refractivity contribution in [2.75, 3.05) is 19.7 Å². The van der Waals surface area contributed by atoms with Crippen molar-refractivity contribution in [2.24, 2.45) is 5.92 Å². The Morgan fingerprint density at radius 3 is 2.43 bits per heavy atom. The summed E-state index contributed by atoms with van der Waals surface area (Å²) in [4.78, 5) is 26.6. The van der Waals surface area contributed by atoms with E-state index in [0.717, 1.165) is 19.4 Å². The summed E-state index contributed by atoms with van der Waals surface area (Å²) in [6, 6.07) is 16.0. The molecule has 30 heavy (non-hydrogen) atoms. The molecule has 0 bridgehead atoms. The number of hydrogen-bond acceptors (Lipinski definition) is 4. The minimum Gasteiger partial charge on any atom is -0.493 e. The first-order valence-corrected chi connectivity index (χ1v) is 10.3. The lowest BCUT2D eigenvalue weighted by molar-refractivity contribution is 0.0633. The largest absolute Gasteiger partial charge is 0.493 e. The number of rotatable bonds is 6. The van der Waals surface area contributed by atoms with E-state index in [9.17, 15) is 9.59 Å². The van der Waals surface area contributed by atoms with Crippen molar-refractivity contribution in [3.63, 3.8) is 0 Å². The van der Waals surface area contributed by atoms with Gasteiger partial charge in [0.15, 0.2) is 0 Å². The van der Waals surface area contributed by atoms with E-state index in [1.54, 1.807) is 48.5 Å². The van der Waals surface area contributed by atoms with E-state index in [2.05, 4.69) is 11.4 Å². The molecule has 1 fully saturated rings. The Hall–Kier alpha value is -3.33. The van der Waals surface area contributed by atoms with Crippen LogP contribution >= 0.6 is 0 Å². The highest BCUT2D eigenvalue weighted by Gasteiger charge is 2.25. The molecule has 0 aliphatic carbocycles. The standard InChI is InChI=1S/C24H27N3O3/c1-17(2)26-23(28)20-9-11-22(12-10-20)30-16-19-4-3-13-27(15-19)24(29)21-7-5-18(14-25)6-8-21/h5-12,17,19H,3-4,13,15-16H2,1-2H3,(H,26,28). The summed E-state index contributed by atoms with van der Waals surface area (Å²) in [6.45, 7) is 5.75. The monoisotopic (exact) mass is 405 g/mol. The van der Waals surface area contributed by atoms with Crippen molar-refractivity contribution < 1.29 is 14.3 Å². The summed E-state index contributed by atoms with van der Waals surface area (Å²) >= 11 is 0. The third-order valence-electron chi connectivity index (χ3n) is 5.09. The van der Waals surface area contributed by atoms with Crippen LogP contribution in [0.2, 0.25) is 0 Å². The molecule has 1 aliphatic rings. The number of amides is 2. The van der Waals surface area contributed by atoms with E-state index < -0.39 is 0 Å². The highest BCUT2D eigenvalue weighted by atomic mass is 16.5. The third kappa shape index (κ3) is 5.60. The van der Waals surface area contributed by atoms with Crippen LogP contribution in [0, 0.1) is 17.2 Å². The SMILES string of the molecule is CC(C)NC(=O)c1ccc(OCC2CCCN(C(=O)c3ccc(C#N)cc3)C2)cc1. The van der Waals surface area contributed by atoms with E-state index in [1.165, 1.54) is 0 Å². The predicted octanol–water partition coefficient (Wildman–Crippen LogP) is 3.63. The number of ether oxygens (including phenoxy) is 1. The minimum atomic E-state index is -0.0965. The summed E-state index contributed by atoms with van der Waals surface area (Å²) in [5, 5.41) is 11.8. The van der Waals surface area contributed by atoms with E-state index >= 15 is 0 Å². The van der Waals surface area contributed by atoms with Gasteiger partial charge in [-0.2, -0.15) is 5.26 Å². The fourth-order valence-corrected chi connectivity index (χ4v) is 3.52. The topological polar surface area (TPSA) is 82.4 Å².